The predicted molar refractivity (Wildman–Crippen MR) is 101 cm³/mol. The molecule has 0 spiro atoms. The van der Waals surface area contributed by atoms with Gasteiger partial charge in [0.25, 0.3) is 5.91 Å². The molecule has 0 aliphatic rings. The molecule has 0 bridgehead atoms. The topological polar surface area (TPSA) is 66.9 Å². The maximum atomic E-state index is 13.3. The van der Waals surface area contributed by atoms with Crippen molar-refractivity contribution in [1.82, 2.24) is 9.97 Å². The lowest BCUT2D eigenvalue weighted by molar-refractivity contribution is 0.102. The van der Waals surface area contributed by atoms with E-state index in [1.165, 1.54) is 24.3 Å². The van der Waals surface area contributed by atoms with E-state index in [1.54, 1.807) is 31.2 Å². The van der Waals surface area contributed by atoms with Gasteiger partial charge in [-0.05, 0) is 37.3 Å². The third-order valence-corrected chi connectivity index (χ3v) is 4.00. The van der Waals surface area contributed by atoms with Gasteiger partial charge >= 0.3 is 0 Å². The van der Waals surface area contributed by atoms with Crippen molar-refractivity contribution in [2.24, 2.45) is 0 Å². The number of aryl methyl sites for hydroxylation is 1. The maximum Gasteiger partial charge on any atom is 0.274 e. The summed E-state index contributed by atoms with van der Waals surface area (Å²) in [5, 5.41) is 6.42. The summed E-state index contributed by atoms with van der Waals surface area (Å²) < 4.78 is 13.3. The molecule has 0 aliphatic heterocycles. The molecule has 3 rings (SSSR count). The highest BCUT2D eigenvalue weighted by Crippen LogP contribution is 2.32. The van der Waals surface area contributed by atoms with E-state index in [2.05, 4.69) is 20.6 Å². The first kappa shape index (κ1) is 18.1. The van der Waals surface area contributed by atoms with Crippen LogP contribution in [0.1, 0.15) is 16.3 Å². The van der Waals surface area contributed by atoms with Crippen molar-refractivity contribution < 1.29 is 9.18 Å². The fraction of sp³-hybridized carbons (Fsp3) is 0.0556. The molecule has 2 aromatic carbocycles. The summed E-state index contributed by atoms with van der Waals surface area (Å²) in [6.07, 6.45) is 0. The van der Waals surface area contributed by atoms with Crippen LogP contribution in [0.5, 0.6) is 0 Å². The summed E-state index contributed by atoms with van der Waals surface area (Å²) in [6.45, 7) is 1.65. The molecule has 0 atom stereocenters. The van der Waals surface area contributed by atoms with E-state index in [9.17, 15) is 9.18 Å². The van der Waals surface area contributed by atoms with Crippen molar-refractivity contribution in [2.45, 2.75) is 6.92 Å². The number of rotatable bonds is 4. The lowest BCUT2D eigenvalue weighted by atomic mass is 10.2. The van der Waals surface area contributed by atoms with Crippen LogP contribution in [-0.4, -0.2) is 15.9 Å². The van der Waals surface area contributed by atoms with Crippen molar-refractivity contribution in [3.05, 3.63) is 75.9 Å². The van der Waals surface area contributed by atoms with E-state index >= 15 is 0 Å². The van der Waals surface area contributed by atoms with Crippen molar-refractivity contribution in [3.63, 3.8) is 0 Å². The normalized spacial score (nSPS) is 10.5. The van der Waals surface area contributed by atoms with Gasteiger partial charge in [0, 0.05) is 11.8 Å². The number of anilines is 3. The number of hydrogen-bond acceptors (Lipinski definition) is 4. The van der Waals surface area contributed by atoms with Crippen LogP contribution < -0.4 is 10.6 Å². The number of nitrogens with one attached hydrogen (secondary N) is 2. The summed E-state index contributed by atoms with van der Waals surface area (Å²) in [6, 6.07) is 12.1. The molecule has 0 unspecified atom stereocenters. The molecule has 1 heterocycles. The standard InChI is InChI=1S/C18H13Cl2FN4O/c1-10-22-15(18(26)24-12-5-2-4-11(21)8-12)9-16(23-10)25-17-13(19)6-3-7-14(17)20/h2-9H,1H3,(H,24,26)(H,22,23,25). The van der Waals surface area contributed by atoms with Crippen molar-refractivity contribution in [3.8, 4) is 0 Å². The van der Waals surface area contributed by atoms with Gasteiger partial charge in [0.15, 0.2) is 0 Å². The molecular weight excluding hydrogens is 378 g/mol. The molecule has 2 N–H and O–H groups in total. The van der Waals surface area contributed by atoms with Crippen LogP contribution >= 0.6 is 23.2 Å². The Labute approximate surface area is 159 Å². The van der Waals surface area contributed by atoms with Crippen LogP contribution in [0, 0.1) is 12.7 Å². The van der Waals surface area contributed by atoms with E-state index in [0.717, 1.165) is 0 Å². The fourth-order valence-corrected chi connectivity index (χ4v) is 2.75. The molecular formula is C18H13Cl2FN4O. The van der Waals surface area contributed by atoms with Gasteiger partial charge < -0.3 is 10.6 Å². The number of carbonyl (C=O) groups excluding carboxylic acids is 1. The van der Waals surface area contributed by atoms with Crippen LogP contribution in [0.4, 0.5) is 21.6 Å². The molecule has 26 heavy (non-hydrogen) atoms. The Kier molecular flexibility index (Phi) is 5.35. The minimum atomic E-state index is -0.491. The van der Waals surface area contributed by atoms with E-state index in [-0.39, 0.29) is 5.69 Å². The van der Waals surface area contributed by atoms with Gasteiger partial charge in [0.05, 0.1) is 15.7 Å². The van der Waals surface area contributed by atoms with Gasteiger partial charge in [-0.1, -0.05) is 35.3 Å². The highest BCUT2D eigenvalue weighted by atomic mass is 35.5. The van der Waals surface area contributed by atoms with E-state index in [1.807, 2.05) is 0 Å². The second-order valence-electron chi connectivity index (χ2n) is 5.37. The zero-order valence-electron chi connectivity index (χ0n) is 13.6. The average Bonchev–Trinajstić information content (AvgIpc) is 2.58. The quantitative estimate of drug-likeness (QED) is 0.640. The second-order valence-corrected chi connectivity index (χ2v) is 6.19. The van der Waals surface area contributed by atoms with Crippen LogP contribution in [0.2, 0.25) is 10.0 Å². The summed E-state index contributed by atoms with van der Waals surface area (Å²) in [5.74, 6) is -0.203. The smallest absolute Gasteiger partial charge is 0.274 e. The number of amides is 1. The summed E-state index contributed by atoms with van der Waals surface area (Å²) in [4.78, 5) is 20.8. The van der Waals surface area contributed by atoms with Crippen LogP contribution in [0.3, 0.4) is 0 Å². The number of carbonyl (C=O) groups is 1. The lowest BCUT2D eigenvalue weighted by Crippen LogP contribution is -2.15. The van der Waals surface area contributed by atoms with Crippen molar-refractivity contribution in [2.75, 3.05) is 10.6 Å². The summed E-state index contributed by atoms with van der Waals surface area (Å²) in [7, 11) is 0. The SMILES string of the molecule is Cc1nc(Nc2c(Cl)cccc2Cl)cc(C(=O)Nc2cccc(F)c2)n1. The molecule has 8 heteroatoms. The molecule has 132 valence electrons. The van der Waals surface area contributed by atoms with Crippen molar-refractivity contribution in [1.29, 1.82) is 0 Å². The number of halogens is 3. The number of para-hydroxylation sites is 1. The molecule has 0 radical (unpaired) electrons. The maximum absolute atomic E-state index is 13.3. The Balaban J connectivity index is 1.86. The van der Waals surface area contributed by atoms with E-state index in [4.69, 9.17) is 23.2 Å². The Morgan fingerprint density at radius 1 is 1.04 bits per heavy atom. The molecule has 0 aliphatic carbocycles. The largest absolute Gasteiger partial charge is 0.338 e. The number of nitrogens with zero attached hydrogens (tertiary/aromatic N) is 2. The zero-order chi connectivity index (χ0) is 18.7. The third-order valence-electron chi connectivity index (χ3n) is 3.37. The molecule has 0 fully saturated rings. The van der Waals surface area contributed by atoms with Crippen LogP contribution in [0.15, 0.2) is 48.5 Å². The predicted octanol–water partition coefficient (Wildman–Crippen LogP) is 5.23. The molecule has 0 saturated heterocycles. The molecule has 1 amide bonds. The first-order chi connectivity index (χ1) is 12.4. The van der Waals surface area contributed by atoms with E-state index in [0.29, 0.717) is 33.1 Å². The minimum Gasteiger partial charge on any atom is -0.338 e. The van der Waals surface area contributed by atoms with Crippen molar-refractivity contribution >= 4 is 46.3 Å². The molecule has 0 saturated carbocycles. The lowest BCUT2D eigenvalue weighted by Gasteiger charge is -2.11. The average molecular weight is 391 g/mol. The van der Waals surface area contributed by atoms with Gasteiger partial charge in [-0.3, -0.25) is 4.79 Å². The zero-order valence-corrected chi connectivity index (χ0v) is 15.1. The number of aromatic nitrogens is 2. The second kappa shape index (κ2) is 7.68. The van der Waals surface area contributed by atoms with Gasteiger partial charge in [-0.2, -0.15) is 0 Å². The molecule has 3 aromatic rings. The molecule has 5 nitrogen and oxygen atoms in total. The van der Waals surface area contributed by atoms with Crippen LogP contribution in [-0.2, 0) is 0 Å². The highest BCUT2D eigenvalue weighted by molar-refractivity contribution is 6.39. The Bertz CT molecular complexity index is 961. The highest BCUT2D eigenvalue weighted by Gasteiger charge is 2.13. The minimum absolute atomic E-state index is 0.118. The number of hydrogen-bond donors (Lipinski definition) is 2. The summed E-state index contributed by atoms with van der Waals surface area (Å²) >= 11 is 12.3. The van der Waals surface area contributed by atoms with Gasteiger partial charge in [0.2, 0.25) is 0 Å². The first-order valence-corrected chi connectivity index (χ1v) is 8.31. The molecule has 1 aromatic heterocycles. The van der Waals surface area contributed by atoms with Crippen LogP contribution in [0.25, 0.3) is 0 Å². The monoisotopic (exact) mass is 390 g/mol. The first-order valence-electron chi connectivity index (χ1n) is 7.56. The Hall–Kier alpha value is -2.70. The third kappa shape index (κ3) is 4.28. The van der Waals surface area contributed by atoms with Gasteiger partial charge in [-0.25, -0.2) is 14.4 Å². The van der Waals surface area contributed by atoms with Gasteiger partial charge in [0.1, 0.15) is 23.2 Å². The van der Waals surface area contributed by atoms with Gasteiger partial charge in [-0.15, -0.1) is 0 Å². The van der Waals surface area contributed by atoms with E-state index < -0.39 is 11.7 Å². The number of benzene rings is 2. The fourth-order valence-electron chi connectivity index (χ4n) is 2.25. The summed E-state index contributed by atoms with van der Waals surface area (Å²) in [5.41, 5.74) is 0.924. The Morgan fingerprint density at radius 3 is 2.42 bits per heavy atom. The Morgan fingerprint density at radius 2 is 1.73 bits per heavy atom.